The summed E-state index contributed by atoms with van der Waals surface area (Å²) in [5, 5.41) is 2.33. The Morgan fingerprint density at radius 1 is 1.50 bits per heavy atom. The number of nitrogens with two attached hydrogens (primary N) is 1. The highest BCUT2D eigenvalue weighted by atomic mass is 79.9. The van der Waals surface area contributed by atoms with Crippen LogP contribution < -0.4 is 11.1 Å². The van der Waals surface area contributed by atoms with E-state index < -0.39 is 11.8 Å². The lowest BCUT2D eigenvalue weighted by Gasteiger charge is -2.01. The Morgan fingerprint density at radius 2 is 2.21 bits per heavy atom. The Balaban J connectivity index is 2.65. The summed E-state index contributed by atoms with van der Waals surface area (Å²) >= 11 is 3.13. The lowest BCUT2D eigenvalue weighted by Crippen LogP contribution is -2.33. The van der Waals surface area contributed by atoms with E-state index in [4.69, 9.17) is 5.73 Å². The van der Waals surface area contributed by atoms with Crippen molar-refractivity contribution < 1.29 is 9.59 Å². The smallest absolute Gasteiger partial charge is 0.270 e. The van der Waals surface area contributed by atoms with Gasteiger partial charge in [-0.05, 0) is 28.1 Å². The number of carbonyl (C=O) groups excluding carboxylic acids is 2. The van der Waals surface area contributed by atoms with E-state index in [2.05, 4.69) is 26.2 Å². The van der Waals surface area contributed by atoms with Crippen LogP contribution in [-0.4, -0.2) is 23.3 Å². The van der Waals surface area contributed by atoms with Crippen molar-refractivity contribution in [3.8, 4) is 0 Å². The van der Waals surface area contributed by atoms with Gasteiger partial charge < -0.3 is 11.1 Å². The van der Waals surface area contributed by atoms with E-state index in [0.717, 1.165) is 0 Å². The van der Waals surface area contributed by atoms with Gasteiger partial charge in [-0.15, -0.1) is 0 Å². The molecule has 1 aromatic heterocycles. The van der Waals surface area contributed by atoms with E-state index in [1.807, 2.05) is 0 Å². The third-order valence-corrected chi connectivity index (χ3v) is 1.81. The van der Waals surface area contributed by atoms with E-state index in [9.17, 15) is 9.59 Å². The summed E-state index contributed by atoms with van der Waals surface area (Å²) in [6.45, 7) is -0.187. The Kier molecular flexibility index (Phi) is 3.58. The van der Waals surface area contributed by atoms with Crippen molar-refractivity contribution in [3.63, 3.8) is 0 Å². The minimum atomic E-state index is -0.589. The number of aromatic nitrogens is 1. The molecule has 2 amide bonds. The first-order chi connectivity index (χ1) is 6.59. The third kappa shape index (κ3) is 3.14. The maximum absolute atomic E-state index is 11.3. The monoisotopic (exact) mass is 257 g/mol. The second kappa shape index (κ2) is 4.71. The highest BCUT2D eigenvalue weighted by Gasteiger charge is 2.07. The van der Waals surface area contributed by atoms with Crippen molar-refractivity contribution in [3.05, 3.63) is 28.5 Å². The van der Waals surface area contributed by atoms with Crippen molar-refractivity contribution in [1.29, 1.82) is 0 Å². The molecule has 0 fully saturated rings. The van der Waals surface area contributed by atoms with Gasteiger partial charge in [0.2, 0.25) is 5.91 Å². The molecule has 0 aliphatic heterocycles. The standard InChI is InChI=1S/C8H8BrN3O2/c9-6-3-1-2-5(12-6)8(14)11-4-7(10)13/h1-3H,4H2,(H2,10,13)(H,11,14). The van der Waals surface area contributed by atoms with Crippen molar-refractivity contribution in [2.45, 2.75) is 0 Å². The Morgan fingerprint density at radius 3 is 2.79 bits per heavy atom. The van der Waals surface area contributed by atoms with Gasteiger partial charge in [0, 0.05) is 0 Å². The largest absolute Gasteiger partial charge is 0.368 e. The van der Waals surface area contributed by atoms with Crippen LogP contribution in [0.15, 0.2) is 22.8 Å². The molecular weight excluding hydrogens is 250 g/mol. The van der Waals surface area contributed by atoms with Crippen LogP contribution in [0.1, 0.15) is 10.5 Å². The fraction of sp³-hybridized carbons (Fsp3) is 0.125. The van der Waals surface area contributed by atoms with E-state index in [-0.39, 0.29) is 12.2 Å². The minimum Gasteiger partial charge on any atom is -0.368 e. The van der Waals surface area contributed by atoms with Crippen LogP contribution in [0.4, 0.5) is 0 Å². The second-order valence-corrected chi connectivity index (χ2v) is 3.31. The van der Waals surface area contributed by atoms with Crippen molar-refractivity contribution in [1.82, 2.24) is 10.3 Å². The number of primary amides is 1. The fourth-order valence-corrected chi connectivity index (χ4v) is 1.14. The maximum atomic E-state index is 11.3. The zero-order valence-electron chi connectivity index (χ0n) is 7.16. The number of halogens is 1. The summed E-state index contributed by atoms with van der Waals surface area (Å²) in [5.74, 6) is -1.02. The van der Waals surface area contributed by atoms with Crippen LogP contribution in [0.5, 0.6) is 0 Å². The molecule has 0 saturated carbocycles. The van der Waals surface area contributed by atoms with Gasteiger partial charge in [0.25, 0.3) is 5.91 Å². The van der Waals surface area contributed by atoms with Gasteiger partial charge in [0.1, 0.15) is 10.3 Å². The quantitative estimate of drug-likeness (QED) is 0.751. The molecule has 0 spiro atoms. The molecule has 0 saturated heterocycles. The minimum absolute atomic E-state index is 0.187. The molecule has 0 aliphatic rings. The van der Waals surface area contributed by atoms with Crippen LogP contribution in [0, 0.1) is 0 Å². The summed E-state index contributed by atoms with van der Waals surface area (Å²) in [6, 6.07) is 4.92. The van der Waals surface area contributed by atoms with Gasteiger partial charge in [-0.25, -0.2) is 4.98 Å². The molecule has 74 valence electrons. The molecular formula is C8H8BrN3O2. The van der Waals surface area contributed by atoms with Crippen LogP contribution in [0.3, 0.4) is 0 Å². The molecule has 3 N–H and O–H groups in total. The molecule has 14 heavy (non-hydrogen) atoms. The van der Waals surface area contributed by atoms with Gasteiger partial charge in [0.15, 0.2) is 0 Å². The van der Waals surface area contributed by atoms with Crippen molar-refractivity contribution in [2.24, 2.45) is 5.73 Å². The highest BCUT2D eigenvalue weighted by molar-refractivity contribution is 9.10. The first kappa shape index (κ1) is 10.6. The first-order valence-corrected chi connectivity index (χ1v) is 4.58. The zero-order chi connectivity index (χ0) is 10.6. The lowest BCUT2D eigenvalue weighted by atomic mass is 10.3. The highest BCUT2D eigenvalue weighted by Crippen LogP contribution is 2.05. The molecule has 1 rings (SSSR count). The van der Waals surface area contributed by atoms with E-state index in [1.165, 1.54) is 0 Å². The molecule has 0 bridgehead atoms. The molecule has 0 atom stereocenters. The van der Waals surface area contributed by atoms with Crippen molar-refractivity contribution in [2.75, 3.05) is 6.54 Å². The molecule has 1 aromatic rings. The number of nitrogens with one attached hydrogen (secondary N) is 1. The Labute approximate surface area is 88.8 Å². The zero-order valence-corrected chi connectivity index (χ0v) is 8.74. The van der Waals surface area contributed by atoms with Crippen LogP contribution in [0.2, 0.25) is 0 Å². The number of hydrogen-bond donors (Lipinski definition) is 2. The first-order valence-electron chi connectivity index (χ1n) is 3.78. The average molecular weight is 258 g/mol. The van der Waals surface area contributed by atoms with E-state index in [1.54, 1.807) is 18.2 Å². The number of rotatable bonds is 3. The summed E-state index contributed by atoms with van der Waals surface area (Å²) in [4.78, 5) is 25.6. The van der Waals surface area contributed by atoms with Gasteiger partial charge >= 0.3 is 0 Å². The SMILES string of the molecule is NC(=O)CNC(=O)c1cccc(Br)n1. The predicted octanol–water partition coefficient (Wildman–Crippen LogP) is 0.0592. The van der Waals surface area contributed by atoms with E-state index in [0.29, 0.717) is 4.60 Å². The second-order valence-electron chi connectivity index (χ2n) is 2.49. The summed E-state index contributed by atoms with van der Waals surface area (Å²) in [7, 11) is 0. The average Bonchev–Trinajstić information content (AvgIpc) is 2.14. The lowest BCUT2D eigenvalue weighted by molar-refractivity contribution is -0.117. The van der Waals surface area contributed by atoms with Gasteiger partial charge in [-0.1, -0.05) is 6.07 Å². The molecule has 5 nitrogen and oxygen atoms in total. The normalized spacial score (nSPS) is 9.50. The number of nitrogens with zero attached hydrogens (tertiary/aromatic N) is 1. The number of hydrogen-bond acceptors (Lipinski definition) is 3. The molecule has 1 heterocycles. The van der Waals surface area contributed by atoms with Gasteiger partial charge in [-0.3, -0.25) is 9.59 Å². The van der Waals surface area contributed by atoms with Crippen LogP contribution >= 0.6 is 15.9 Å². The Bertz CT molecular complexity index is 367. The topological polar surface area (TPSA) is 85.1 Å². The molecule has 0 radical (unpaired) electrons. The van der Waals surface area contributed by atoms with Gasteiger partial charge in [-0.2, -0.15) is 0 Å². The summed E-state index contributed by atoms with van der Waals surface area (Å²) in [5.41, 5.74) is 5.10. The fourth-order valence-electron chi connectivity index (χ4n) is 0.793. The number of carbonyl (C=O) groups is 2. The van der Waals surface area contributed by atoms with Gasteiger partial charge in [0.05, 0.1) is 6.54 Å². The summed E-state index contributed by atoms with van der Waals surface area (Å²) in [6.07, 6.45) is 0. The molecule has 0 unspecified atom stereocenters. The third-order valence-electron chi connectivity index (χ3n) is 1.37. The molecule has 0 aromatic carbocycles. The maximum Gasteiger partial charge on any atom is 0.270 e. The number of amides is 2. The van der Waals surface area contributed by atoms with Crippen molar-refractivity contribution >= 4 is 27.7 Å². The van der Waals surface area contributed by atoms with E-state index >= 15 is 0 Å². The number of pyridine rings is 1. The predicted molar refractivity (Wildman–Crippen MR) is 53.5 cm³/mol. The molecule has 6 heteroatoms. The summed E-state index contributed by atoms with van der Waals surface area (Å²) < 4.78 is 0.559. The Hall–Kier alpha value is -1.43. The molecule has 0 aliphatic carbocycles. The van der Waals surface area contributed by atoms with Crippen LogP contribution in [0.25, 0.3) is 0 Å². The van der Waals surface area contributed by atoms with Crippen LogP contribution in [-0.2, 0) is 4.79 Å².